The van der Waals surface area contributed by atoms with Crippen molar-refractivity contribution >= 4 is 10.0 Å². The standard InChI is InChI=1S/C18H23N3O3S/c1-15-12-17(24-2)5-6-18(15)25(22,23)21-10-8-20(9-11-21)14-16-4-3-7-19-13-16/h3-7,12-13H,8-11,14H2,1-2H3. The predicted octanol–water partition coefficient (Wildman–Crippen LogP) is 1.91. The van der Waals surface area contributed by atoms with Crippen LogP contribution in [-0.4, -0.2) is 55.9 Å². The topological polar surface area (TPSA) is 62.7 Å². The van der Waals surface area contributed by atoms with Gasteiger partial charge in [0.25, 0.3) is 0 Å². The molecule has 0 aliphatic carbocycles. The number of sulfonamides is 1. The molecule has 0 radical (unpaired) electrons. The Hall–Kier alpha value is -1.96. The van der Waals surface area contributed by atoms with Gasteiger partial charge in [0.15, 0.2) is 0 Å². The average Bonchev–Trinajstić information content (AvgIpc) is 2.62. The quantitative estimate of drug-likeness (QED) is 0.814. The van der Waals surface area contributed by atoms with Gasteiger partial charge in [0, 0.05) is 45.1 Å². The molecule has 0 saturated carbocycles. The van der Waals surface area contributed by atoms with Crippen molar-refractivity contribution < 1.29 is 13.2 Å². The van der Waals surface area contributed by atoms with E-state index in [-0.39, 0.29) is 0 Å². The first-order valence-electron chi connectivity index (χ1n) is 8.27. The molecule has 6 nitrogen and oxygen atoms in total. The molecule has 0 N–H and O–H groups in total. The van der Waals surface area contributed by atoms with E-state index < -0.39 is 10.0 Å². The van der Waals surface area contributed by atoms with Crippen molar-refractivity contribution in [1.29, 1.82) is 0 Å². The van der Waals surface area contributed by atoms with Crippen LogP contribution in [0.1, 0.15) is 11.1 Å². The van der Waals surface area contributed by atoms with Crippen molar-refractivity contribution in [2.75, 3.05) is 33.3 Å². The molecule has 0 unspecified atom stereocenters. The number of benzene rings is 1. The zero-order chi connectivity index (χ0) is 17.9. The van der Waals surface area contributed by atoms with Crippen LogP contribution in [0.2, 0.25) is 0 Å². The Kier molecular flexibility index (Phi) is 5.36. The van der Waals surface area contributed by atoms with Crippen LogP contribution in [0.4, 0.5) is 0 Å². The predicted molar refractivity (Wildman–Crippen MR) is 96.0 cm³/mol. The molecular formula is C18H23N3O3S. The van der Waals surface area contributed by atoms with Crippen molar-refractivity contribution in [2.24, 2.45) is 0 Å². The summed E-state index contributed by atoms with van der Waals surface area (Å²) in [4.78, 5) is 6.73. The molecule has 1 aromatic carbocycles. The van der Waals surface area contributed by atoms with Crippen LogP contribution in [0.25, 0.3) is 0 Å². The van der Waals surface area contributed by atoms with Crippen molar-refractivity contribution in [3.63, 3.8) is 0 Å². The molecule has 1 fully saturated rings. The first kappa shape index (κ1) is 17.8. The van der Waals surface area contributed by atoms with Crippen molar-refractivity contribution in [1.82, 2.24) is 14.2 Å². The zero-order valence-electron chi connectivity index (χ0n) is 14.6. The molecule has 7 heteroatoms. The van der Waals surface area contributed by atoms with Crippen molar-refractivity contribution in [3.8, 4) is 5.75 Å². The average molecular weight is 361 g/mol. The number of aromatic nitrogens is 1. The van der Waals surface area contributed by atoms with Crippen LogP contribution in [0.15, 0.2) is 47.6 Å². The number of rotatable bonds is 5. The third-order valence-electron chi connectivity index (χ3n) is 4.46. The molecule has 1 aliphatic rings. The Morgan fingerprint density at radius 2 is 1.92 bits per heavy atom. The largest absolute Gasteiger partial charge is 0.497 e. The molecule has 1 aromatic heterocycles. The molecule has 0 amide bonds. The molecule has 2 heterocycles. The molecule has 1 aliphatic heterocycles. The summed E-state index contributed by atoms with van der Waals surface area (Å²) in [7, 11) is -1.90. The highest BCUT2D eigenvalue weighted by atomic mass is 32.2. The van der Waals surface area contributed by atoms with E-state index in [2.05, 4.69) is 9.88 Å². The molecule has 1 saturated heterocycles. The normalized spacial score (nSPS) is 16.7. The van der Waals surface area contributed by atoms with E-state index in [0.717, 1.165) is 12.1 Å². The van der Waals surface area contributed by atoms with Crippen LogP contribution in [-0.2, 0) is 16.6 Å². The Morgan fingerprint density at radius 1 is 1.16 bits per heavy atom. The molecule has 0 atom stereocenters. The molecule has 25 heavy (non-hydrogen) atoms. The van der Waals surface area contributed by atoms with Gasteiger partial charge in [-0.2, -0.15) is 4.31 Å². The first-order valence-corrected chi connectivity index (χ1v) is 9.71. The van der Waals surface area contributed by atoms with Gasteiger partial charge in [0.2, 0.25) is 10.0 Å². The summed E-state index contributed by atoms with van der Waals surface area (Å²) >= 11 is 0. The Balaban J connectivity index is 1.67. The lowest BCUT2D eigenvalue weighted by atomic mass is 10.2. The molecule has 2 aromatic rings. The summed E-state index contributed by atoms with van der Waals surface area (Å²) in [5.41, 5.74) is 1.85. The van der Waals surface area contributed by atoms with Gasteiger partial charge in [-0.25, -0.2) is 8.42 Å². The number of pyridine rings is 1. The van der Waals surface area contributed by atoms with Gasteiger partial charge in [-0.05, 0) is 42.3 Å². The fourth-order valence-corrected chi connectivity index (χ4v) is 4.68. The maximum Gasteiger partial charge on any atom is 0.243 e. The third-order valence-corrected chi connectivity index (χ3v) is 6.52. The van der Waals surface area contributed by atoms with Crippen LogP contribution in [0.5, 0.6) is 5.75 Å². The number of nitrogens with zero attached hydrogens (tertiary/aromatic N) is 3. The molecule has 0 bridgehead atoms. The monoisotopic (exact) mass is 361 g/mol. The van der Waals surface area contributed by atoms with Gasteiger partial charge >= 0.3 is 0 Å². The summed E-state index contributed by atoms with van der Waals surface area (Å²) in [5, 5.41) is 0. The van der Waals surface area contributed by atoms with Crippen LogP contribution in [0.3, 0.4) is 0 Å². The maximum absolute atomic E-state index is 12.9. The molecule has 0 spiro atoms. The highest BCUT2D eigenvalue weighted by molar-refractivity contribution is 7.89. The lowest BCUT2D eigenvalue weighted by Gasteiger charge is -2.34. The fourth-order valence-electron chi connectivity index (χ4n) is 3.06. The van der Waals surface area contributed by atoms with E-state index >= 15 is 0 Å². The van der Waals surface area contributed by atoms with E-state index in [0.29, 0.717) is 42.4 Å². The van der Waals surface area contributed by atoms with Gasteiger partial charge in [-0.15, -0.1) is 0 Å². The number of aryl methyl sites for hydroxylation is 1. The van der Waals surface area contributed by atoms with Crippen molar-refractivity contribution in [3.05, 3.63) is 53.9 Å². The Bertz CT molecular complexity index is 817. The smallest absolute Gasteiger partial charge is 0.243 e. The van der Waals surface area contributed by atoms with Gasteiger partial charge in [0.1, 0.15) is 5.75 Å². The maximum atomic E-state index is 12.9. The molecular weight excluding hydrogens is 338 g/mol. The Morgan fingerprint density at radius 3 is 2.52 bits per heavy atom. The van der Waals surface area contributed by atoms with Crippen LogP contribution in [0, 0.1) is 6.92 Å². The van der Waals surface area contributed by atoms with E-state index in [1.807, 2.05) is 18.3 Å². The number of hydrogen-bond acceptors (Lipinski definition) is 5. The summed E-state index contributed by atoms with van der Waals surface area (Å²) in [6.07, 6.45) is 3.61. The van der Waals surface area contributed by atoms with Gasteiger partial charge in [-0.1, -0.05) is 6.07 Å². The first-order chi connectivity index (χ1) is 12.0. The second-order valence-electron chi connectivity index (χ2n) is 6.17. The molecule has 3 rings (SSSR count). The van der Waals surface area contributed by atoms with Gasteiger partial charge in [0.05, 0.1) is 12.0 Å². The van der Waals surface area contributed by atoms with Gasteiger partial charge < -0.3 is 4.74 Å². The highest BCUT2D eigenvalue weighted by Crippen LogP contribution is 2.25. The number of ether oxygens (including phenoxy) is 1. The summed E-state index contributed by atoms with van der Waals surface area (Å²) in [6.45, 7) is 5.01. The summed E-state index contributed by atoms with van der Waals surface area (Å²) < 4.78 is 32.6. The number of piperazine rings is 1. The minimum Gasteiger partial charge on any atom is -0.497 e. The lowest BCUT2D eigenvalue weighted by molar-refractivity contribution is 0.181. The van der Waals surface area contributed by atoms with Crippen LogP contribution >= 0.6 is 0 Å². The lowest BCUT2D eigenvalue weighted by Crippen LogP contribution is -2.48. The highest BCUT2D eigenvalue weighted by Gasteiger charge is 2.29. The third kappa shape index (κ3) is 4.00. The van der Waals surface area contributed by atoms with Crippen LogP contribution < -0.4 is 4.74 Å². The van der Waals surface area contributed by atoms with E-state index in [4.69, 9.17) is 4.74 Å². The SMILES string of the molecule is COc1ccc(S(=O)(=O)N2CCN(Cc3cccnc3)CC2)c(C)c1. The fraction of sp³-hybridized carbons (Fsp3) is 0.389. The second kappa shape index (κ2) is 7.51. The van der Waals surface area contributed by atoms with E-state index in [9.17, 15) is 8.42 Å². The minimum absolute atomic E-state index is 0.356. The molecule has 134 valence electrons. The second-order valence-corrected chi connectivity index (χ2v) is 8.08. The zero-order valence-corrected chi connectivity index (χ0v) is 15.4. The van der Waals surface area contributed by atoms with Crippen molar-refractivity contribution in [2.45, 2.75) is 18.4 Å². The minimum atomic E-state index is -3.48. The number of methoxy groups -OCH3 is 1. The van der Waals surface area contributed by atoms with E-state index in [1.165, 1.54) is 0 Å². The Labute approximate surface area is 149 Å². The number of hydrogen-bond donors (Lipinski definition) is 0. The van der Waals surface area contributed by atoms with Gasteiger partial charge in [-0.3, -0.25) is 9.88 Å². The van der Waals surface area contributed by atoms with E-state index in [1.54, 1.807) is 42.7 Å². The summed E-state index contributed by atoms with van der Waals surface area (Å²) in [5.74, 6) is 0.665. The summed E-state index contributed by atoms with van der Waals surface area (Å²) in [6, 6.07) is 9.04.